The van der Waals surface area contributed by atoms with E-state index in [0.29, 0.717) is 98.5 Å². The lowest BCUT2D eigenvalue weighted by Crippen LogP contribution is -2.42. The number of hydrogen-bond donors (Lipinski definition) is 2. The topological polar surface area (TPSA) is 117 Å². The highest BCUT2D eigenvalue weighted by Crippen LogP contribution is 2.38. The van der Waals surface area contributed by atoms with Crippen molar-refractivity contribution in [3.05, 3.63) is 65.2 Å². The molecule has 2 aromatic rings. The minimum atomic E-state index is -0.629. The third-order valence-corrected chi connectivity index (χ3v) is 10.6. The number of aliphatic hydroxyl groups excluding tert-OH is 1. The lowest BCUT2D eigenvalue weighted by molar-refractivity contribution is -0.253. The molecule has 3 atom stereocenters. The first-order valence-corrected chi connectivity index (χ1v) is 22.2. The molecule has 2 heterocycles. The molecule has 1 amide bonds. The number of unbranched alkanes of at least 4 members (excludes halogenated alkanes) is 12. The van der Waals surface area contributed by atoms with Crippen molar-refractivity contribution in [3.8, 4) is 0 Å². The van der Waals surface area contributed by atoms with E-state index in [9.17, 15) is 9.90 Å². The molecule has 322 valence electrons. The van der Waals surface area contributed by atoms with Gasteiger partial charge in [-0.3, -0.25) is 9.69 Å². The Kier molecular flexibility index (Phi) is 25.3. The summed E-state index contributed by atoms with van der Waals surface area (Å²) >= 11 is 0. The standard InChI is InChI=1S/C46H74N2O9/c1-2-3-4-5-6-7-8-9-10-11-12-13-14-18-45(50)47-42-17-15-16-41(35-42)46-56-43(36-44(57-46)40-21-19-39(38-49)20-22-40)37-48-23-25-51-27-29-53-31-33-55-34-32-54-30-28-52-26-24-48/h15-17,19-22,35,43-44,46,49H,2-14,18,23-34,36-38H2,1H3,(H,47,50)/t43-,44+,46?/m0/s1. The predicted octanol–water partition coefficient (Wildman–Crippen LogP) is 8.54. The van der Waals surface area contributed by atoms with Gasteiger partial charge in [-0.1, -0.05) is 120 Å². The number of carbonyl (C=O) groups is 1. The molecule has 2 saturated heterocycles. The number of ether oxygens (including phenoxy) is 7. The Morgan fingerprint density at radius 1 is 0.649 bits per heavy atom. The Morgan fingerprint density at radius 3 is 1.72 bits per heavy atom. The van der Waals surface area contributed by atoms with Gasteiger partial charge in [0.15, 0.2) is 6.29 Å². The fourth-order valence-corrected chi connectivity index (χ4v) is 7.27. The van der Waals surface area contributed by atoms with Crippen LogP contribution in [0.3, 0.4) is 0 Å². The maximum absolute atomic E-state index is 13.0. The number of nitrogens with zero attached hydrogens (tertiary/aromatic N) is 1. The van der Waals surface area contributed by atoms with E-state index in [2.05, 4.69) is 17.1 Å². The minimum Gasteiger partial charge on any atom is -0.392 e. The van der Waals surface area contributed by atoms with Gasteiger partial charge >= 0.3 is 0 Å². The molecular weight excluding hydrogens is 725 g/mol. The lowest BCUT2D eigenvalue weighted by atomic mass is 9.99. The number of nitrogens with one attached hydrogen (secondary N) is 1. The molecule has 0 bridgehead atoms. The summed E-state index contributed by atoms with van der Waals surface area (Å²) in [6, 6.07) is 15.8. The van der Waals surface area contributed by atoms with Gasteiger partial charge in [0.1, 0.15) is 0 Å². The molecule has 0 saturated carbocycles. The molecule has 0 spiro atoms. The minimum absolute atomic E-state index is 0.0101. The van der Waals surface area contributed by atoms with Crippen molar-refractivity contribution in [1.29, 1.82) is 0 Å². The van der Waals surface area contributed by atoms with Crippen molar-refractivity contribution < 1.29 is 43.1 Å². The summed E-state index contributed by atoms with van der Waals surface area (Å²) in [4.78, 5) is 15.3. The van der Waals surface area contributed by atoms with Crippen molar-refractivity contribution >= 4 is 11.6 Å². The van der Waals surface area contributed by atoms with E-state index >= 15 is 0 Å². The van der Waals surface area contributed by atoms with E-state index in [1.165, 1.54) is 70.6 Å². The fourth-order valence-electron chi connectivity index (χ4n) is 7.27. The highest BCUT2D eigenvalue weighted by molar-refractivity contribution is 5.90. The third-order valence-electron chi connectivity index (χ3n) is 10.6. The molecule has 11 nitrogen and oxygen atoms in total. The number of rotatable bonds is 20. The SMILES string of the molecule is CCCCCCCCCCCCCCCC(=O)Nc1cccc(C2O[C@H](CN3CCOCCOCCOCCOCCOCC3)C[C@H](c3ccc(CO)cc3)O2)c1. The van der Waals surface area contributed by atoms with E-state index in [1.54, 1.807) is 0 Å². The quantitative estimate of drug-likeness (QED) is 0.126. The predicted molar refractivity (Wildman–Crippen MR) is 224 cm³/mol. The molecule has 11 heteroatoms. The van der Waals surface area contributed by atoms with Crippen molar-refractivity contribution in [2.45, 2.75) is 128 Å². The Hall–Kier alpha value is -2.45. The first-order chi connectivity index (χ1) is 28.1. The van der Waals surface area contributed by atoms with Gasteiger partial charge in [-0.25, -0.2) is 0 Å². The Morgan fingerprint density at radius 2 is 1.18 bits per heavy atom. The van der Waals surface area contributed by atoms with Gasteiger partial charge in [0.2, 0.25) is 5.91 Å². The molecule has 0 aromatic heterocycles. The van der Waals surface area contributed by atoms with Crippen LogP contribution in [0.15, 0.2) is 48.5 Å². The number of carbonyl (C=O) groups excluding carboxylic acids is 1. The van der Waals surface area contributed by atoms with Gasteiger partial charge in [-0.2, -0.15) is 0 Å². The van der Waals surface area contributed by atoms with Crippen molar-refractivity contribution in [2.24, 2.45) is 0 Å². The molecule has 1 unspecified atom stereocenters. The highest BCUT2D eigenvalue weighted by atomic mass is 16.7. The summed E-state index contributed by atoms with van der Waals surface area (Å²) in [6.07, 6.45) is 16.8. The Balaban J connectivity index is 1.29. The molecule has 4 rings (SSSR count). The van der Waals surface area contributed by atoms with Crippen LogP contribution in [0.1, 0.15) is 132 Å². The van der Waals surface area contributed by atoms with Crippen molar-refractivity contribution in [1.82, 2.24) is 4.90 Å². The lowest BCUT2D eigenvalue weighted by Gasteiger charge is -2.38. The number of benzene rings is 2. The molecule has 2 aromatic carbocycles. The third kappa shape index (κ3) is 20.9. The number of hydrogen-bond acceptors (Lipinski definition) is 10. The maximum Gasteiger partial charge on any atom is 0.224 e. The summed E-state index contributed by atoms with van der Waals surface area (Å²) in [6.45, 7) is 9.65. The molecular formula is C46H74N2O9. The van der Waals surface area contributed by atoms with Gasteiger partial charge in [0, 0.05) is 43.7 Å². The van der Waals surface area contributed by atoms with E-state index in [0.717, 1.165) is 35.2 Å². The number of anilines is 1. The Bertz CT molecular complexity index is 1280. The van der Waals surface area contributed by atoms with Crippen LogP contribution < -0.4 is 5.32 Å². The molecule has 2 fully saturated rings. The molecule has 2 aliphatic rings. The van der Waals surface area contributed by atoms with Gasteiger partial charge in [-0.15, -0.1) is 0 Å². The average Bonchev–Trinajstić information content (AvgIpc) is 3.23. The molecule has 2 N–H and O–H groups in total. The van der Waals surface area contributed by atoms with Crippen LogP contribution in [-0.4, -0.2) is 108 Å². The van der Waals surface area contributed by atoms with Crippen LogP contribution in [0.5, 0.6) is 0 Å². The van der Waals surface area contributed by atoms with Crippen LogP contribution in [0.4, 0.5) is 5.69 Å². The zero-order chi connectivity index (χ0) is 40.0. The largest absolute Gasteiger partial charge is 0.392 e. The summed E-state index contributed by atoms with van der Waals surface area (Å²) in [7, 11) is 0. The normalized spacial score (nSPS) is 21.4. The van der Waals surface area contributed by atoms with Crippen molar-refractivity contribution in [2.75, 3.05) is 91.0 Å². The molecule has 2 aliphatic heterocycles. The van der Waals surface area contributed by atoms with Crippen LogP contribution in [-0.2, 0) is 44.6 Å². The van der Waals surface area contributed by atoms with Gasteiger partial charge in [-0.05, 0) is 29.7 Å². The smallest absolute Gasteiger partial charge is 0.224 e. The first-order valence-electron chi connectivity index (χ1n) is 22.2. The fraction of sp³-hybridized carbons (Fsp3) is 0.717. The number of amides is 1. The van der Waals surface area contributed by atoms with E-state index in [-0.39, 0.29) is 24.7 Å². The summed E-state index contributed by atoms with van der Waals surface area (Å²) < 4.78 is 42.0. The van der Waals surface area contributed by atoms with Crippen LogP contribution in [0.2, 0.25) is 0 Å². The number of aliphatic hydroxyl groups is 1. The van der Waals surface area contributed by atoms with Gasteiger partial charge < -0.3 is 43.6 Å². The summed E-state index contributed by atoms with van der Waals surface area (Å²) in [5.41, 5.74) is 3.48. The van der Waals surface area contributed by atoms with Crippen LogP contribution in [0, 0.1) is 0 Å². The van der Waals surface area contributed by atoms with E-state index in [4.69, 9.17) is 33.2 Å². The van der Waals surface area contributed by atoms with Crippen LogP contribution in [0.25, 0.3) is 0 Å². The van der Waals surface area contributed by atoms with E-state index < -0.39 is 6.29 Å². The second-order valence-electron chi connectivity index (χ2n) is 15.4. The molecule has 0 radical (unpaired) electrons. The van der Waals surface area contributed by atoms with Crippen LogP contribution >= 0.6 is 0 Å². The van der Waals surface area contributed by atoms with Gasteiger partial charge in [0.25, 0.3) is 0 Å². The maximum atomic E-state index is 13.0. The zero-order valence-electron chi connectivity index (χ0n) is 35.0. The van der Waals surface area contributed by atoms with Crippen molar-refractivity contribution in [3.63, 3.8) is 0 Å². The second-order valence-corrected chi connectivity index (χ2v) is 15.4. The second kappa shape index (κ2) is 30.6. The highest BCUT2D eigenvalue weighted by Gasteiger charge is 2.33. The zero-order valence-corrected chi connectivity index (χ0v) is 35.0. The molecule has 0 aliphatic carbocycles. The van der Waals surface area contributed by atoms with Gasteiger partial charge in [0.05, 0.1) is 84.9 Å². The average molecular weight is 799 g/mol. The molecule has 57 heavy (non-hydrogen) atoms. The summed E-state index contributed by atoms with van der Waals surface area (Å²) in [5, 5.41) is 12.8. The summed E-state index contributed by atoms with van der Waals surface area (Å²) in [5.74, 6) is 0.0378. The van der Waals surface area contributed by atoms with E-state index in [1.807, 2.05) is 48.5 Å². The Labute approximate surface area is 343 Å². The monoisotopic (exact) mass is 799 g/mol. The first kappa shape index (κ1) is 47.2.